The quantitative estimate of drug-likeness (QED) is 0.445. The molecule has 0 unspecified atom stereocenters. The highest BCUT2D eigenvalue weighted by Crippen LogP contribution is 1.78. The summed E-state index contributed by atoms with van der Waals surface area (Å²) in [4.78, 5) is 9.72. The number of hydrogen-bond acceptors (Lipinski definition) is 3. The maximum atomic E-state index is 9.72. The Morgan fingerprint density at radius 2 is 2.00 bits per heavy atom. The van der Waals surface area contributed by atoms with Gasteiger partial charge < -0.3 is 10.6 Å². The van der Waals surface area contributed by atoms with Crippen LogP contribution in [-0.2, 0) is 4.79 Å². The Hall–Kier alpha value is -0.990. The zero-order valence-corrected chi connectivity index (χ0v) is 3.64. The predicted octanol–water partition coefficient (Wildman–Crippen LogP) is -0.914. The van der Waals surface area contributed by atoms with Crippen LogP contribution in [0.1, 0.15) is 0 Å². The van der Waals surface area contributed by atoms with E-state index in [4.69, 9.17) is 0 Å². The summed E-state index contributed by atoms with van der Waals surface area (Å²) < 4.78 is 0. The standard InChI is InChI=1S/C4H5N2O/c7-3-4-5-1-2-6-4/h1-2,4-6H. The van der Waals surface area contributed by atoms with Crippen LogP contribution in [0.2, 0.25) is 0 Å². The van der Waals surface area contributed by atoms with Gasteiger partial charge in [-0.15, -0.1) is 0 Å². The summed E-state index contributed by atoms with van der Waals surface area (Å²) in [7, 11) is 0. The minimum atomic E-state index is -0.319. The van der Waals surface area contributed by atoms with E-state index in [2.05, 4.69) is 10.6 Å². The summed E-state index contributed by atoms with van der Waals surface area (Å²) in [5, 5.41) is 5.38. The first-order valence-corrected chi connectivity index (χ1v) is 1.98. The van der Waals surface area contributed by atoms with E-state index >= 15 is 0 Å². The summed E-state index contributed by atoms with van der Waals surface area (Å²) in [5.41, 5.74) is 0. The van der Waals surface area contributed by atoms with E-state index in [0.29, 0.717) is 0 Å². The molecule has 1 aliphatic heterocycles. The molecule has 1 rings (SSSR count). The van der Waals surface area contributed by atoms with Gasteiger partial charge in [-0.3, -0.25) is 4.79 Å². The highest BCUT2D eigenvalue weighted by molar-refractivity contribution is 5.59. The lowest BCUT2D eigenvalue weighted by molar-refractivity contribution is 0.528. The molecule has 0 fully saturated rings. The molecule has 0 saturated heterocycles. The number of rotatable bonds is 1. The minimum absolute atomic E-state index is 0.319. The Balaban J connectivity index is 2.35. The molecule has 0 aromatic heterocycles. The Morgan fingerprint density at radius 3 is 2.29 bits per heavy atom. The number of carbonyl (C=O) groups excluding carboxylic acids is 1. The maximum absolute atomic E-state index is 9.72. The van der Waals surface area contributed by atoms with Gasteiger partial charge >= 0.3 is 0 Å². The van der Waals surface area contributed by atoms with Crippen molar-refractivity contribution in [2.45, 2.75) is 6.17 Å². The Bertz CT molecular complexity index is 91.9. The highest BCUT2D eigenvalue weighted by Gasteiger charge is 2.03. The molecule has 2 N–H and O–H groups in total. The van der Waals surface area contributed by atoms with Crippen LogP contribution in [0.4, 0.5) is 0 Å². The smallest absolute Gasteiger partial charge is 0.245 e. The normalized spacial score (nSPS) is 18.3. The molecule has 3 nitrogen and oxygen atoms in total. The number of hydrogen-bond donors (Lipinski definition) is 2. The van der Waals surface area contributed by atoms with Gasteiger partial charge in [-0.25, -0.2) is 0 Å². The van der Waals surface area contributed by atoms with E-state index in [1.165, 1.54) is 0 Å². The molecule has 1 aliphatic rings. The van der Waals surface area contributed by atoms with Crippen LogP contribution >= 0.6 is 0 Å². The fraction of sp³-hybridized carbons (Fsp3) is 0.250. The second-order valence-electron chi connectivity index (χ2n) is 1.22. The third-order valence-corrected chi connectivity index (χ3v) is 0.727. The van der Waals surface area contributed by atoms with Crippen LogP contribution in [0.15, 0.2) is 12.4 Å². The van der Waals surface area contributed by atoms with Crippen LogP contribution in [0.25, 0.3) is 0 Å². The van der Waals surface area contributed by atoms with E-state index in [-0.39, 0.29) is 6.17 Å². The van der Waals surface area contributed by atoms with Crippen LogP contribution in [0, 0.1) is 0 Å². The molecule has 0 atom stereocenters. The second-order valence-corrected chi connectivity index (χ2v) is 1.22. The van der Waals surface area contributed by atoms with Crippen molar-refractivity contribution in [3.63, 3.8) is 0 Å². The van der Waals surface area contributed by atoms with E-state index < -0.39 is 0 Å². The highest BCUT2D eigenvalue weighted by atomic mass is 16.1. The van der Waals surface area contributed by atoms with Crippen molar-refractivity contribution in [3.8, 4) is 0 Å². The Morgan fingerprint density at radius 1 is 1.43 bits per heavy atom. The van der Waals surface area contributed by atoms with Gasteiger partial charge in [0.05, 0.1) is 0 Å². The molecule has 0 spiro atoms. The second kappa shape index (κ2) is 1.64. The zero-order chi connectivity index (χ0) is 5.11. The average Bonchev–Trinajstić information content (AvgIpc) is 2.14. The molecule has 7 heavy (non-hydrogen) atoms. The molecular formula is C4H5N2O. The molecule has 0 aromatic rings. The molecule has 0 aromatic carbocycles. The SMILES string of the molecule is O=[C]C1NC=CN1. The summed E-state index contributed by atoms with van der Waals surface area (Å²) >= 11 is 0. The summed E-state index contributed by atoms with van der Waals surface area (Å²) in [5.74, 6) is 0. The van der Waals surface area contributed by atoms with E-state index in [0.717, 1.165) is 0 Å². The minimum Gasteiger partial charge on any atom is -0.364 e. The van der Waals surface area contributed by atoms with Crippen molar-refractivity contribution in [2.75, 3.05) is 0 Å². The lowest BCUT2D eigenvalue weighted by Gasteiger charge is -1.97. The van der Waals surface area contributed by atoms with Crippen molar-refractivity contribution in [1.29, 1.82) is 0 Å². The average molecular weight is 97.1 g/mol. The predicted molar refractivity (Wildman–Crippen MR) is 24.9 cm³/mol. The summed E-state index contributed by atoms with van der Waals surface area (Å²) in [6.45, 7) is 0. The van der Waals surface area contributed by atoms with Gasteiger partial charge in [0.2, 0.25) is 6.29 Å². The fourth-order valence-electron chi connectivity index (χ4n) is 0.405. The van der Waals surface area contributed by atoms with Crippen molar-refractivity contribution in [3.05, 3.63) is 12.4 Å². The van der Waals surface area contributed by atoms with Gasteiger partial charge in [-0.05, 0) is 0 Å². The van der Waals surface area contributed by atoms with Gasteiger partial charge in [-0.1, -0.05) is 0 Å². The van der Waals surface area contributed by atoms with E-state index in [1.807, 2.05) is 0 Å². The van der Waals surface area contributed by atoms with Crippen LogP contribution < -0.4 is 10.6 Å². The van der Waals surface area contributed by atoms with Gasteiger partial charge in [0.1, 0.15) is 0 Å². The molecule has 37 valence electrons. The molecule has 0 saturated carbocycles. The molecule has 1 radical (unpaired) electrons. The third kappa shape index (κ3) is 0.707. The first kappa shape index (κ1) is 4.18. The Kier molecular flexibility index (Phi) is 0.978. The monoisotopic (exact) mass is 97.0 g/mol. The Labute approximate surface area is 41.4 Å². The molecule has 0 bridgehead atoms. The van der Waals surface area contributed by atoms with Crippen molar-refractivity contribution in [2.24, 2.45) is 0 Å². The first-order chi connectivity index (χ1) is 3.43. The molecule has 0 amide bonds. The molecule has 1 heterocycles. The largest absolute Gasteiger partial charge is 0.364 e. The van der Waals surface area contributed by atoms with Gasteiger partial charge in [0.15, 0.2) is 6.17 Å². The van der Waals surface area contributed by atoms with E-state index in [9.17, 15) is 4.79 Å². The van der Waals surface area contributed by atoms with Gasteiger partial charge in [0, 0.05) is 12.4 Å². The summed E-state index contributed by atoms with van der Waals surface area (Å²) in [6.07, 6.45) is 4.73. The zero-order valence-electron chi connectivity index (χ0n) is 3.64. The number of nitrogens with one attached hydrogen (secondary N) is 2. The maximum Gasteiger partial charge on any atom is 0.245 e. The van der Waals surface area contributed by atoms with Crippen molar-refractivity contribution < 1.29 is 4.79 Å². The van der Waals surface area contributed by atoms with Gasteiger partial charge in [0.25, 0.3) is 0 Å². The topological polar surface area (TPSA) is 41.1 Å². The first-order valence-electron chi connectivity index (χ1n) is 1.98. The third-order valence-electron chi connectivity index (χ3n) is 0.727. The van der Waals surface area contributed by atoms with Crippen LogP contribution in [0.5, 0.6) is 0 Å². The van der Waals surface area contributed by atoms with Crippen molar-refractivity contribution >= 4 is 6.29 Å². The molecule has 0 aliphatic carbocycles. The van der Waals surface area contributed by atoms with Gasteiger partial charge in [-0.2, -0.15) is 0 Å². The lowest BCUT2D eigenvalue weighted by atomic mass is 10.6. The van der Waals surface area contributed by atoms with Crippen molar-refractivity contribution in [1.82, 2.24) is 10.6 Å². The van der Waals surface area contributed by atoms with Crippen LogP contribution in [-0.4, -0.2) is 12.5 Å². The fourth-order valence-corrected chi connectivity index (χ4v) is 0.405. The lowest BCUT2D eigenvalue weighted by Crippen LogP contribution is -2.31. The van der Waals surface area contributed by atoms with E-state index in [1.54, 1.807) is 18.7 Å². The van der Waals surface area contributed by atoms with Crippen LogP contribution in [0.3, 0.4) is 0 Å². The molecule has 3 heteroatoms. The summed E-state index contributed by atoms with van der Waals surface area (Å²) in [6, 6.07) is 0. The molecular weight excluding hydrogens is 92.1 g/mol.